The third-order valence-electron chi connectivity index (χ3n) is 3.77. The first kappa shape index (κ1) is 16.4. The van der Waals surface area contributed by atoms with Crippen LogP contribution in [0.25, 0.3) is 0 Å². The second-order valence-corrected chi connectivity index (χ2v) is 5.61. The lowest BCUT2D eigenvalue weighted by molar-refractivity contribution is 0.102. The molecule has 0 bridgehead atoms. The van der Waals surface area contributed by atoms with Gasteiger partial charge < -0.3 is 10.1 Å². The van der Waals surface area contributed by atoms with Crippen LogP contribution < -0.4 is 10.1 Å². The fourth-order valence-corrected chi connectivity index (χ4v) is 2.52. The molecule has 2 rings (SSSR count). The highest BCUT2D eigenvalue weighted by Gasteiger charge is 2.13. The van der Waals surface area contributed by atoms with Gasteiger partial charge >= 0.3 is 0 Å². The van der Waals surface area contributed by atoms with Gasteiger partial charge in [-0.1, -0.05) is 43.6 Å². The van der Waals surface area contributed by atoms with Crippen molar-refractivity contribution in [2.75, 3.05) is 12.4 Å². The summed E-state index contributed by atoms with van der Waals surface area (Å²) in [7, 11) is 1.54. The molecule has 0 unspecified atom stereocenters. The number of halogens is 1. The molecule has 0 fully saturated rings. The molecule has 2 aromatic rings. The molecule has 0 aliphatic rings. The van der Waals surface area contributed by atoms with E-state index in [2.05, 4.69) is 19.2 Å². The van der Waals surface area contributed by atoms with Gasteiger partial charge in [0.1, 0.15) is 5.75 Å². The minimum atomic E-state index is -0.180. The van der Waals surface area contributed by atoms with Gasteiger partial charge in [0, 0.05) is 11.3 Å². The third kappa shape index (κ3) is 3.60. The number of carbonyl (C=O) groups excluding carboxylic acids is 1. The molecule has 2 aromatic carbocycles. The van der Waals surface area contributed by atoms with Crippen LogP contribution in [0.2, 0.25) is 5.02 Å². The van der Waals surface area contributed by atoms with Crippen LogP contribution in [0, 0.1) is 0 Å². The molecule has 0 saturated heterocycles. The molecule has 4 heteroatoms. The summed E-state index contributed by atoms with van der Waals surface area (Å²) in [5, 5.41) is 3.39. The van der Waals surface area contributed by atoms with Gasteiger partial charge in [-0.3, -0.25) is 4.79 Å². The molecule has 0 heterocycles. The molecule has 3 nitrogen and oxygen atoms in total. The van der Waals surface area contributed by atoms with Crippen molar-refractivity contribution in [3.05, 3.63) is 58.6 Å². The molecule has 0 saturated carbocycles. The summed E-state index contributed by atoms with van der Waals surface area (Å²) in [6, 6.07) is 12.9. The first-order valence-corrected chi connectivity index (χ1v) is 7.68. The zero-order chi connectivity index (χ0) is 16.1. The molecule has 1 atom stereocenters. The number of ether oxygens (including phenoxy) is 1. The van der Waals surface area contributed by atoms with E-state index in [0.29, 0.717) is 22.3 Å². The number of amides is 1. The van der Waals surface area contributed by atoms with Gasteiger partial charge in [-0.2, -0.15) is 0 Å². The van der Waals surface area contributed by atoms with Crippen LogP contribution in [0.4, 0.5) is 5.69 Å². The number of benzene rings is 2. The zero-order valence-electron chi connectivity index (χ0n) is 13.0. The van der Waals surface area contributed by atoms with E-state index in [1.54, 1.807) is 25.3 Å². The second kappa shape index (κ2) is 7.32. The number of carbonyl (C=O) groups is 1. The second-order valence-electron chi connectivity index (χ2n) is 5.20. The highest BCUT2D eigenvalue weighted by atomic mass is 35.5. The molecule has 0 spiro atoms. The van der Waals surface area contributed by atoms with Crippen LogP contribution in [0.3, 0.4) is 0 Å². The lowest BCUT2D eigenvalue weighted by Gasteiger charge is -2.16. The SMILES string of the molecule is CC[C@@H](C)c1ccccc1NC(=O)c1ccc(OC)c(Cl)c1. The maximum atomic E-state index is 12.4. The summed E-state index contributed by atoms with van der Waals surface area (Å²) in [5.74, 6) is 0.759. The molecule has 0 aliphatic heterocycles. The van der Waals surface area contributed by atoms with Crippen molar-refractivity contribution < 1.29 is 9.53 Å². The Morgan fingerprint density at radius 1 is 1.27 bits per heavy atom. The lowest BCUT2D eigenvalue weighted by atomic mass is 9.97. The highest BCUT2D eigenvalue weighted by molar-refractivity contribution is 6.32. The first-order chi connectivity index (χ1) is 10.6. The fourth-order valence-electron chi connectivity index (χ4n) is 2.26. The van der Waals surface area contributed by atoms with Crippen molar-refractivity contribution in [2.45, 2.75) is 26.2 Å². The number of nitrogens with one attached hydrogen (secondary N) is 1. The predicted molar refractivity (Wildman–Crippen MR) is 91.1 cm³/mol. The third-order valence-corrected chi connectivity index (χ3v) is 4.06. The Morgan fingerprint density at radius 2 is 2.00 bits per heavy atom. The van der Waals surface area contributed by atoms with Crippen molar-refractivity contribution in [1.82, 2.24) is 0 Å². The minimum Gasteiger partial charge on any atom is -0.495 e. The average molecular weight is 318 g/mol. The maximum Gasteiger partial charge on any atom is 0.255 e. The van der Waals surface area contributed by atoms with Crippen molar-refractivity contribution in [3.8, 4) is 5.75 Å². The quantitative estimate of drug-likeness (QED) is 0.831. The van der Waals surface area contributed by atoms with E-state index < -0.39 is 0 Å². The number of anilines is 1. The van der Waals surface area contributed by atoms with E-state index in [0.717, 1.165) is 17.7 Å². The summed E-state index contributed by atoms with van der Waals surface area (Å²) < 4.78 is 5.10. The average Bonchev–Trinajstić information content (AvgIpc) is 2.54. The van der Waals surface area contributed by atoms with Crippen LogP contribution in [-0.2, 0) is 0 Å². The summed E-state index contributed by atoms with van der Waals surface area (Å²) in [5.41, 5.74) is 2.48. The van der Waals surface area contributed by atoms with Crippen molar-refractivity contribution in [3.63, 3.8) is 0 Å². The van der Waals surface area contributed by atoms with Gasteiger partial charge in [0.15, 0.2) is 0 Å². The van der Waals surface area contributed by atoms with Crippen LogP contribution in [-0.4, -0.2) is 13.0 Å². The molecule has 1 amide bonds. The Kier molecular flexibility index (Phi) is 5.45. The van der Waals surface area contributed by atoms with Crippen molar-refractivity contribution in [1.29, 1.82) is 0 Å². The molecule has 0 radical (unpaired) electrons. The van der Waals surface area contributed by atoms with Crippen molar-refractivity contribution >= 4 is 23.2 Å². The Hall–Kier alpha value is -2.00. The topological polar surface area (TPSA) is 38.3 Å². The van der Waals surface area contributed by atoms with Gasteiger partial charge in [-0.15, -0.1) is 0 Å². The van der Waals surface area contributed by atoms with E-state index in [1.165, 1.54) is 0 Å². The van der Waals surface area contributed by atoms with Crippen molar-refractivity contribution in [2.24, 2.45) is 0 Å². The first-order valence-electron chi connectivity index (χ1n) is 7.30. The van der Waals surface area contributed by atoms with Crippen LogP contribution in [0.1, 0.15) is 42.1 Å². The number of methoxy groups -OCH3 is 1. The molecular weight excluding hydrogens is 298 g/mol. The number of hydrogen-bond acceptors (Lipinski definition) is 2. The monoisotopic (exact) mass is 317 g/mol. The zero-order valence-corrected chi connectivity index (χ0v) is 13.8. The maximum absolute atomic E-state index is 12.4. The summed E-state index contributed by atoms with van der Waals surface area (Å²) in [6.45, 7) is 4.28. The van der Waals surface area contributed by atoms with E-state index in [4.69, 9.17) is 16.3 Å². The van der Waals surface area contributed by atoms with Gasteiger partial charge in [-0.05, 0) is 42.2 Å². The summed E-state index contributed by atoms with van der Waals surface area (Å²) in [6.07, 6.45) is 1.02. The molecule has 22 heavy (non-hydrogen) atoms. The molecule has 0 aromatic heterocycles. The standard InChI is InChI=1S/C18H20ClNO2/c1-4-12(2)14-7-5-6-8-16(14)20-18(21)13-9-10-17(22-3)15(19)11-13/h5-12H,4H2,1-3H3,(H,20,21)/t12-/m1/s1. The van der Waals surface area contributed by atoms with E-state index >= 15 is 0 Å². The predicted octanol–water partition coefficient (Wildman–Crippen LogP) is 5.11. The normalized spacial score (nSPS) is 11.8. The largest absolute Gasteiger partial charge is 0.495 e. The fraction of sp³-hybridized carbons (Fsp3) is 0.278. The summed E-state index contributed by atoms with van der Waals surface area (Å²) >= 11 is 6.08. The Bertz CT molecular complexity index is 670. The highest BCUT2D eigenvalue weighted by Crippen LogP contribution is 2.28. The van der Waals surface area contributed by atoms with E-state index in [9.17, 15) is 4.79 Å². The minimum absolute atomic E-state index is 0.180. The number of para-hydroxylation sites is 1. The number of rotatable bonds is 5. The van der Waals surface area contributed by atoms with Crippen LogP contribution in [0.15, 0.2) is 42.5 Å². The Morgan fingerprint density at radius 3 is 2.64 bits per heavy atom. The number of hydrogen-bond donors (Lipinski definition) is 1. The van der Waals surface area contributed by atoms with E-state index in [-0.39, 0.29) is 5.91 Å². The lowest BCUT2D eigenvalue weighted by Crippen LogP contribution is -2.14. The molecule has 1 N–H and O–H groups in total. The Labute approximate surface area is 136 Å². The van der Waals surface area contributed by atoms with Gasteiger partial charge in [0.25, 0.3) is 5.91 Å². The van der Waals surface area contributed by atoms with Crippen LogP contribution in [0.5, 0.6) is 5.75 Å². The molecular formula is C18H20ClNO2. The van der Waals surface area contributed by atoms with E-state index in [1.807, 2.05) is 24.3 Å². The van der Waals surface area contributed by atoms with Gasteiger partial charge in [-0.25, -0.2) is 0 Å². The molecule has 0 aliphatic carbocycles. The Balaban J connectivity index is 2.24. The smallest absolute Gasteiger partial charge is 0.255 e. The molecule has 116 valence electrons. The van der Waals surface area contributed by atoms with Crippen LogP contribution >= 0.6 is 11.6 Å². The van der Waals surface area contributed by atoms with Gasteiger partial charge in [0.2, 0.25) is 0 Å². The summed E-state index contributed by atoms with van der Waals surface area (Å²) in [4.78, 5) is 12.4. The van der Waals surface area contributed by atoms with Gasteiger partial charge in [0.05, 0.1) is 12.1 Å².